The van der Waals surface area contributed by atoms with Gasteiger partial charge in [-0.15, -0.1) is 0 Å². The van der Waals surface area contributed by atoms with Crippen molar-refractivity contribution >= 4 is 0 Å². The molecular weight excluding hydrogens is 1590 g/mol. The average Bonchev–Trinajstić information content (AvgIpc) is 0.763. The van der Waals surface area contributed by atoms with Crippen molar-refractivity contribution in [3.63, 3.8) is 0 Å². The molecule has 0 aliphatic heterocycles. The predicted octanol–water partition coefficient (Wildman–Crippen LogP) is 38.7. The van der Waals surface area contributed by atoms with Gasteiger partial charge in [-0.1, -0.05) is 483 Å². The largest absolute Gasteiger partial charge is 0.0622 e. The lowest BCUT2D eigenvalue weighted by Crippen LogP contribution is -1.94. The highest BCUT2D eigenvalue weighted by Crippen LogP contribution is 2.40. The maximum absolute atomic E-state index is 2.33. The first-order valence-electron chi connectivity index (χ1n) is 47.5. The summed E-state index contributed by atoms with van der Waals surface area (Å²) in [5.41, 5.74) is 47.3. The molecule has 132 heavy (non-hydrogen) atoms. The van der Waals surface area contributed by atoms with Gasteiger partial charge in [0.1, 0.15) is 0 Å². The fraction of sp³-hybridized carbons (Fsp3) is 0.182. The topological polar surface area (TPSA) is 0 Å². The van der Waals surface area contributed by atoms with Gasteiger partial charge in [0.05, 0.1) is 0 Å². The molecule has 0 fully saturated rings. The molecule has 660 valence electrons. The molecule has 0 aliphatic rings. The van der Waals surface area contributed by atoms with Crippen LogP contribution in [0.3, 0.4) is 0 Å². The average molecular weight is 1720 g/mol. The first-order chi connectivity index (χ1) is 63.9. The SMILES string of the molecule is Cc1cc(-c2ccccc2)cc(-c2ccc(C(C)C)cc2)c1.Cc1cc(-c2ccccc2)cc(-c2cccc(C(C)C)c2)c1.Cc1cc(-c2ccccc2)cc(-c2ccccc2C(C)C)c1.Cc1ccc(-c2ccccc2)cc1-c1ccc(C(C)C)cc1.Cc1ccc(-c2ccccc2)cc1-c1cccc(C(C)C)c1.Cc1ccc(-c2ccccc2)cc1-c1ccccc1C(C)C. The summed E-state index contributed by atoms with van der Waals surface area (Å²) in [7, 11) is 0. The molecule has 0 aliphatic carbocycles. The molecule has 0 radical (unpaired) electrons. The number of benzene rings is 18. The van der Waals surface area contributed by atoms with E-state index < -0.39 is 0 Å². The molecule has 0 spiro atoms. The lowest BCUT2D eigenvalue weighted by atomic mass is 9.89. The van der Waals surface area contributed by atoms with Gasteiger partial charge < -0.3 is 0 Å². The van der Waals surface area contributed by atoms with Crippen LogP contribution in [0.1, 0.15) is 185 Å². The first-order valence-corrected chi connectivity index (χ1v) is 47.5. The molecule has 0 saturated carbocycles. The number of rotatable bonds is 18. The molecule has 0 N–H and O–H groups in total. The van der Waals surface area contributed by atoms with Gasteiger partial charge >= 0.3 is 0 Å². The maximum Gasteiger partial charge on any atom is -0.0146 e. The van der Waals surface area contributed by atoms with E-state index in [2.05, 4.69) is 561 Å². The predicted molar refractivity (Wildman–Crippen MR) is 577 cm³/mol. The van der Waals surface area contributed by atoms with Crippen LogP contribution < -0.4 is 0 Å². The Morgan fingerprint density at radius 3 is 0.712 bits per heavy atom. The Morgan fingerprint density at radius 1 is 0.121 bits per heavy atom. The molecule has 18 rings (SSSR count). The number of hydrogen-bond donors (Lipinski definition) is 0. The fourth-order valence-electron chi connectivity index (χ4n) is 17.2. The van der Waals surface area contributed by atoms with Crippen molar-refractivity contribution in [2.24, 2.45) is 0 Å². The van der Waals surface area contributed by atoms with Crippen molar-refractivity contribution in [3.05, 3.63) is 504 Å². The molecule has 0 saturated heterocycles. The zero-order valence-electron chi connectivity index (χ0n) is 81.0. The van der Waals surface area contributed by atoms with E-state index in [1.165, 1.54) is 200 Å². The van der Waals surface area contributed by atoms with Gasteiger partial charge in [-0.2, -0.15) is 0 Å². The summed E-state index contributed by atoms with van der Waals surface area (Å²) in [5.74, 6) is 3.31. The highest BCUT2D eigenvalue weighted by Gasteiger charge is 2.17. The monoisotopic (exact) mass is 1720 g/mol. The zero-order valence-corrected chi connectivity index (χ0v) is 81.0. The highest BCUT2D eigenvalue weighted by atomic mass is 14.2. The number of aryl methyl sites for hydroxylation is 6. The van der Waals surface area contributed by atoms with Crippen LogP contribution in [0, 0.1) is 41.5 Å². The summed E-state index contributed by atoms with van der Waals surface area (Å²) in [6, 6.07) is 157. The molecule has 0 heterocycles. The minimum absolute atomic E-state index is 0.524. The molecule has 0 nitrogen and oxygen atoms in total. The Hall–Kier alpha value is -14.0. The third-order valence-electron chi connectivity index (χ3n) is 24.9. The Labute approximate surface area is 791 Å². The zero-order chi connectivity index (χ0) is 93.2. The molecule has 0 bridgehead atoms. The van der Waals surface area contributed by atoms with E-state index in [0.29, 0.717) is 35.5 Å². The molecule has 0 amide bonds. The highest BCUT2D eigenvalue weighted by molar-refractivity contribution is 5.82. The summed E-state index contributed by atoms with van der Waals surface area (Å²) in [6.45, 7) is 40.0. The van der Waals surface area contributed by atoms with Gasteiger partial charge in [-0.05, 0) is 314 Å². The minimum atomic E-state index is 0.524. The standard InChI is InChI=1S/6C22H22/c1-16(2)21-11-7-8-12-22(21)20-14-17(3)13-19(15-20)18-9-5-4-6-10-18;1-16(2)20-11-7-8-12-21(20)22-15-19(14-13-17(22)3)18-9-5-4-6-10-18;1-16(2)19-10-7-11-20(14-19)22-13-17(3)12-21(15-22)18-8-5-4-6-9-18;1-16(2)19-10-7-11-21(14-19)22-15-20(13-12-17(22)3)18-8-5-4-6-9-18;1-16(2)18-9-11-20(12-10-18)22-14-17(3)13-21(15-22)19-7-5-4-6-8-19;1-16(2)18-11-13-20(14-12-18)22-15-21(10-9-17(22)3)19-7-5-4-6-8-19/h6*4-16H,1-3H3. The molecule has 0 atom stereocenters. The second-order valence-electron chi connectivity index (χ2n) is 37.1. The van der Waals surface area contributed by atoms with Crippen LogP contribution in [0.25, 0.3) is 134 Å². The first kappa shape index (κ1) is 95.5. The second-order valence-corrected chi connectivity index (χ2v) is 37.1. The molecule has 0 heteroatoms. The molecular formula is C132H132. The quantitative estimate of drug-likeness (QED) is 0.0803. The maximum atomic E-state index is 2.33. The summed E-state index contributed by atoms with van der Waals surface area (Å²) in [4.78, 5) is 0. The van der Waals surface area contributed by atoms with Gasteiger partial charge in [-0.25, -0.2) is 0 Å². The lowest BCUT2D eigenvalue weighted by molar-refractivity contribution is 0.867. The molecule has 0 unspecified atom stereocenters. The van der Waals surface area contributed by atoms with Crippen molar-refractivity contribution in [2.75, 3.05) is 0 Å². The van der Waals surface area contributed by atoms with Crippen molar-refractivity contribution in [3.8, 4) is 134 Å². The van der Waals surface area contributed by atoms with Crippen LogP contribution in [-0.4, -0.2) is 0 Å². The van der Waals surface area contributed by atoms with Crippen LogP contribution in [0.4, 0.5) is 0 Å². The Morgan fingerprint density at radius 2 is 0.356 bits per heavy atom. The third-order valence-corrected chi connectivity index (χ3v) is 24.9. The van der Waals surface area contributed by atoms with Crippen molar-refractivity contribution in [1.82, 2.24) is 0 Å². The summed E-state index contributed by atoms with van der Waals surface area (Å²) in [5, 5.41) is 0. The summed E-state index contributed by atoms with van der Waals surface area (Å²) < 4.78 is 0. The Balaban J connectivity index is 0.000000135. The normalized spacial score (nSPS) is 10.9. The van der Waals surface area contributed by atoms with Gasteiger partial charge in [-0.3, -0.25) is 0 Å². The Bertz CT molecular complexity index is 6680. The third kappa shape index (κ3) is 26.0. The van der Waals surface area contributed by atoms with Crippen LogP contribution in [0.5, 0.6) is 0 Å². The van der Waals surface area contributed by atoms with E-state index in [0.717, 1.165) is 0 Å². The van der Waals surface area contributed by atoms with Gasteiger partial charge in [0.25, 0.3) is 0 Å². The number of hydrogen-bond acceptors (Lipinski definition) is 0. The second kappa shape index (κ2) is 46.5. The van der Waals surface area contributed by atoms with E-state index in [9.17, 15) is 0 Å². The minimum Gasteiger partial charge on any atom is -0.0622 e. The van der Waals surface area contributed by atoms with E-state index in [4.69, 9.17) is 0 Å². The lowest BCUT2D eigenvalue weighted by Gasteiger charge is -2.16. The van der Waals surface area contributed by atoms with E-state index in [1.54, 1.807) is 0 Å². The smallest absolute Gasteiger partial charge is 0.0146 e. The molecule has 18 aromatic carbocycles. The van der Waals surface area contributed by atoms with E-state index in [-0.39, 0.29) is 0 Å². The molecule has 18 aromatic rings. The summed E-state index contributed by atoms with van der Waals surface area (Å²) in [6.07, 6.45) is 0. The van der Waals surface area contributed by atoms with Crippen molar-refractivity contribution in [2.45, 2.75) is 160 Å². The van der Waals surface area contributed by atoms with E-state index >= 15 is 0 Å². The molecule has 0 aromatic heterocycles. The van der Waals surface area contributed by atoms with Crippen LogP contribution >= 0.6 is 0 Å². The van der Waals surface area contributed by atoms with Crippen molar-refractivity contribution in [1.29, 1.82) is 0 Å². The van der Waals surface area contributed by atoms with E-state index in [1.807, 2.05) is 0 Å². The van der Waals surface area contributed by atoms with Gasteiger partial charge in [0.2, 0.25) is 0 Å². The summed E-state index contributed by atoms with van der Waals surface area (Å²) >= 11 is 0. The van der Waals surface area contributed by atoms with Crippen LogP contribution in [0.2, 0.25) is 0 Å². The van der Waals surface area contributed by atoms with Crippen LogP contribution in [-0.2, 0) is 0 Å². The van der Waals surface area contributed by atoms with Crippen LogP contribution in [0.15, 0.2) is 437 Å². The van der Waals surface area contributed by atoms with Gasteiger partial charge in [0.15, 0.2) is 0 Å². The fourth-order valence-corrected chi connectivity index (χ4v) is 17.2. The Kier molecular flexibility index (Phi) is 33.6. The van der Waals surface area contributed by atoms with Gasteiger partial charge in [0, 0.05) is 0 Å². The van der Waals surface area contributed by atoms with Crippen molar-refractivity contribution < 1.29 is 0 Å².